The van der Waals surface area contributed by atoms with Crippen LogP contribution in [0, 0.1) is 0 Å². The van der Waals surface area contributed by atoms with Crippen LogP contribution in [0.15, 0.2) is 0 Å². The first-order valence-corrected chi connectivity index (χ1v) is 7.18. The molecule has 0 spiro atoms. The third-order valence-corrected chi connectivity index (χ3v) is 3.36. The van der Waals surface area contributed by atoms with Crippen LogP contribution in [-0.2, 0) is 4.79 Å². The zero-order valence-corrected chi connectivity index (χ0v) is 12.6. The fourth-order valence-corrected chi connectivity index (χ4v) is 2.34. The van der Waals surface area contributed by atoms with Crippen molar-refractivity contribution < 1.29 is 24.9 Å². The highest BCUT2D eigenvalue weighted by molar-refractivity contribution is 5.83. The summed E-state index contributed by atoms with van der Waals surface area (Å²) in [5.74, 6) is -0.634. The zero-order chi connectivity index (χ0) is 16.2. The fourth-order valence-electron chi connectivity index (χ4n) is 2.34. The first-order chi connectivity index (χ1) is 9.79. The Morgan fingerprint density at radius 1 is 1.29 bits per heavy atom. The predicted octanol–water partition coefficient (Wildman–Crippen LogP) is -1.60. The normalized spacial score (nSPS) is 29.7. The van der Waals surface area contributed by atoms with Gasteiger partial charge in [-0.05, 0) is 20.3 Å². The number of urea groups is 1. The molecule has 1 saturated heterocycles. The molecule has 1 aliphatic heterocycles. The van der Waals surface area contributed by atoms with Crippen LogP contribution in [0.3, 0.4) is 0 Å². The quantitative estimate of drug-likeness (QED) is 0.418. The number of nitrogens with one attached hydrogen (secondary N) is 2. The Balaban J connectivity index is 2.74. The molecule has 0 aliphatic carbocycles. The smallest absolute Gasteiger partial charge is 0.315 e. The maximum atomic E-state index is 12.0. The van der Waals surface area contributed by atoms with Gasteiger partial charge >= 0.3 is 6.03 Å². The van der Waals surface area contributed by atoms with Crippen LogP contribution in [-0.4, -0.2) is 75.6 Å². The SMILES string of the molecule is CCCN1C(=O)[C@H](O)[C@H](O)[C@H](O)[C@H]1CNC(=O)NC(C)C. The second-order valence-corrected chi connectivity index (χ2v) is 5.53. The molecule has 1 fully saturated rings. The number of rotatable bonds is 5. The van der Waals surface area contributed by atoms with Gasteiger partial charge < -0.3 is 30.9 Å². The molecule has 0 aromatic heterocycles. The van der Waals surface area contributed by atoms with Crippen LogP contribution in [0.2, 0.25) is 0 Å². The van der Waals surface area contributed by atoms with Gasteiger partial charge in [-0.1, -0.05) is 6.92 Å². The van der Waals surface area contributed by atoms with Crippen LogP contribution in [0.5, 0.6) is 0 Å². The molecule has 8 nitrogen and oxygen atoms in total. The Morgan fingerprint density at radius 3 is 2.43 bits per heavy atom. The summed E-state index contributed by atoms with van der Waals surface area (Å²) in [7, 11) is 0. The molecule has 0 aromatic rings. The number of hydrogen-bond acceptors (Lipinski definition) is 5. The number of amides is 3. The largest absolute Gasteiger partial charge is 0.388 e. The average Bonchev–Trinajstić information content (AvgIpc) is 2.41. The molecule has 0 radical (unpaired) electrons. The van der Waals surface area contributed by atoms with E-state index in [1.807, 2.05) is 20.8 Å². The molecule has 0 aromatic carbocycles. The van der Waals surface area contributed by atoms with E-state index in [1.54, 1.807) is 0 Å². The Labute approximate surface area is 124 Å². The molecule has 1 rings (SSSR count). The molecular weight excluding hydrogens is 278 g/mol. The van der Waals surface area contributed by atoms with E-state index in [9.17, 15) is 24.9 Å². The Bertz CT molecular complexity index is 377. The van der Waals surface area contributed by atoms with E-state index in [4.69, 9.17) is 0 Å². The van der Waals surface area contributed by atoms with Crippen molar-refractivity contribution in [2.75, 3.05) is 13.1 Å². The van der Waals surface area contributed by atoms with Crippen molar-refractivity contribution in [2.45, 2.75) is 57.6 Å². The molecule has 8 heteroatoms. The summed E-state index contributed by atoms with van der Waals surface area (Å²) < 4.78 is 0. The second-order valence-electron chi connectivity index (χ2n) is 5.53. The monoisotopic (exact) mass is 303 g/mol. The number of nitrogens with zero attached hydrogens (tertiary/aromatic N) is 1. The Morgan fingerprint density at radius 2 is 1.90 bits per heavy atom. The van der Waals surface area contributed by atoms with Crippen molar-refractivity contribution in [3.05, 3.63) is 0 Å². The summed E-state index contributed by atoms with van der Waals surface area (Å²) in [5, 5.41) is 34.6. The van der Waals surface area contributed by atoms with Crippen molar-refractivity contribution in [2.24, 2.45) is 0 Å². The van der Waals surface area contributed by atoms with Crippen molar-refractivity contribution >= 4 is 11.9 Å². The lowest BCUT2D eigenvalue weighted by molar-refractivity contribution is -0.175. The zero-order valence-electron chi connectivity index (χ0n) is 12.6. The van der Waals surface area contributed by atoms with E-state index in [1.165, 1.54) is 4.90 Å². The third-order valence-electron chi connectivity index (χ3n) is 3.36. The fraction of sp³-hybridized carbons (Fsp3) is 0.846. The summed E-state index contributed by atoms with van der Waals surface area (Å²) in [6, 6.07) is -1.22. The van der Waals surface area contributed by atoms with Gasteiger partial charge in [0.15, 0.2) is 6.10 Å². The first kappa shape index (κ1) is 17.7. The summed E-state index contributed by atoms with van der Waals surface area (Å²) >= 11 is 0. The molecule has 21 heavy (non-hydrogen) atoms. The topological polar surface area (TPSA) is 122 Å². The maximum Gasteiger partial charge on any atom is 0.315 e. The van der Waals surface area contributed by atoms with Crippen LogP contribution < -0.4 is 10.6 Å². The summed E-state index contributed by atoms with van der Waals surface area (Å²) in [4.78, 5) is 24.9. The van der Waals surface area contributed by atoms with Gasteiger partial charge in [-0.2, -0.15) is 0 Å². The lowest BCUT2D eigenvalue weighted by atomic mass is 9.93. The van der Waals surface area contributed by atoms with Gasteiger partial charge in [0.05, 0.1) is 6.04 Å². The first-order valence-electron chi connectivity index (χ1n) is 7.18. The van der Waals surface area contributed by atoms with E-state index < -0.39 is 36.3 Å². The van der Waals surface area contributed by atoms with Gasteiger partial charge in [-0.25, -0.2) is 4.79 Å². The predicted molar refractivity (Wildman–Crippen MR) is 75.5 cm³/mol. The Hall–Kier alpha value is -1.38. The van der Waals surface area contributed by atoms with Crippen LogP contribution in [0.25, 0.3) is 0 Å². The van der Waals surface area contributed by atoms with Crippen LogP contribution in [0.1, 0.15) is 27.2 Å². The molecule has 5 N–H and O–H groups in total. The highest BCUT2D eigenvalue weighted by atomic mass is 16.4. The molecule has 4 atom stereocenters. The molecule has 0 unspecified atom stereocenters. The highest BCUT2D eigenvalue weighted by Gasteiger charge is 2.46. The number of carbonyl (C=O) groups excluding carboxylic acids is 2. The third kappa shape index (κ3) is 4.29. The van der Waals surface area contributed by atoms with E-state index in [-0.39, 0.29) is 12.6 Å². The van der Waals surface area contributed by atoms with Crippen molar-refractivity contribution in [1.29, 1.82) is 0 Å². The van der Waals surface area contributed by atoms with Crippen LogP contribution in [0.4, 0.5) is 4.79 Å². The van der Waals surface area contributed by atoms with E-state index in [2.05, 4.69) is 10.6 Å². The van der Waals surface area contributed by atoms with E-state index in [0.29, 0.717) is 13.0 Å². The number of piperidine rings is 1. The molecule has 0 saturated carbocycles. The standard InChI is InChI=1S/C13H25N3O5/c1-4-5-16-8(6-14-13(21)15-7(2)3)9(17)10(18)11(19)12(16)20/h7-11,17-19H,4-6H2,1-3H3,(H2,14,15,21)/t8-,9-,10-,11-/m1/s1. The summed E-state index contributed by atoms with van der Waals surface area (Å²) in [5.41, 5.74) is 0. The highest BCUT2D eigenvalue weighted by Crippen LogP contribution is 2.20. The molecule has 1 aliphatic rings. The number of likely N-dealkylation sites (tertiary alicyclic amines) is 1. The number of aliphatic hydroxyl groups is 3. The van der Waals surface area contributed by atoms with Crippen molar-refractivity contribution in [3.63, 3.8) is 0 Å². The van der Waals surface area contributed by atoms with Gasteiger partial charge in [0, 0.05) is 19.1 Å². The molecule has 3 amide bonds. The number of hydrogen-bond donors (Lipinski definition) is 5. The Kier molecular flexibility index (Phi) is 6.38. The average molecular weight is 303 g/mol. The molecular formula is C13H25N3O5. The van der Waals surface area contributed by atoms with Gasteiger partial charge in [0.2, 0.25) is 0 Å². The second kappa shape index (κ2) is 7.58. The van der Waals surface area contributed by atoms with Gasteiger partial charge in [0.25, 0.3) is 5.91 Å². The number of aliphatic hydroxyl groups excluding tert-OH is 3. The molecule has 1 heterocycles. The lowest BCUT2D eigenvalue weighted by Crippen LogP contribution is -2.67. The van der Waals surface area contributed by atoms with Gasteiger partial charge in [-0.15, -0.1) is 0 Å². The molecule has 122 valence electrons. The lowest BCUT2D eigenvalue weighted by Gasteiger charge is -2.43. The van der Waals surface area contributed by atoms with Gasteiger partial charge in [-0.3, -0.25) is 4.79 Å². The van der Waals surface area contributed by atoms with E-state index in [0.717, 1.165) is 0 Å². The minimum Gasteiger partial charge on any atom is -0.388 e. The maximum absolute atomic E-state index is 12.0. The minimum absolute atomic E-state index is 0.00472. The van der Waals surface area contributed by atoms with Crippen LogP contribution >= 0.6 is 0 Å². The summed E-state index contributed by atoms with van der Waals surface area (Å²) in [6.07, 6.45) is -3.86. The van der Waals surface area contributed by atoms with Crippen molar-refractivity contribution in [3.8, 4) is 0 Å². The number of carbonyl (C=O) groups is 2. The van der Waals surface area contributed by atoms with Crippen molar-refractivity contribution in [1.82, 2.24) is 15.5 Å². The molecule has 0 bridgehead atoms. The van der Waals surface area contributed by atoms with E-state index >= 15 is 0 Å². The van der Waals surface area contributed by atoms with Gasteiger partial charge in [0.1, 0.15) is 12.2 Å². The minimum atomic E-state index is -1.63. The summed E-state index contributed by atoms with van der Waals surface area (Å²) in [6.45, 7) is 5.80.